The van der Waals surface area contributed by atoms with Crippen molar-refractivity contribution in [3.8, 4) is 0 Å². The minimum absolute atomic E-state index is 0.0958. The quantitative estimate of drug-likeness (QED) is 0.250. The summed E-state index contributed by atoms with van der Waals surface area (Å²) in [5.74, 6) is -3.44. The number of nitrogens with zero attached hydrogens (tertiary/aromatic N) is 3. The van der Waals surface area contributed by atoms with Crippen LogP contribution in [0.2, 0.25) is 0 Å². The van der Waals surface area contributed by atoms with Gasteiger partial charge in [-0.1, -0.05) is 36.4 Å². The van der Waals surface area contributed by atoms with Gasteiger partial charge >= 0.3 is 18.1 Å². The molecule has 2 aliphatic rings. The Hall–Kier alpha value is -4.16. The summed E-state index contributed by atoms with van der Waals surface area (Å²) < 4.78 is 31.7. The van der Waals surface area contributed by atoms with Crippen LogP contribution in [0, 0.1) is 5.41 Å². The molecule has 0 spiro atoms. The van der Waals surface area contributed by atoms with Crippen LogP contribution in [0.1, 0.15) is 30.0 Å². The zero-order chi connectivity index (χ0) is 30.4. The lowest BCUT2D eigenvalue weighted by atomic mass is 9.96. The summed E-state index contributed by atoms with van der Waals surface area (Å²) in [6.45, 7) is 5.53. The highest BCUT2D eigenvalue weighted by Crippen LogP contribution is 2.30. The molecule has 5 rings (SSSR count). The fraction of sp³-hybridized carbons (Fsp3) is 0.367. The Kier molecular flexibility index (Phi) is 9.69. The molecular weight excluding hydrogens is 551 g/mol. The number of nitrogens with two attached hydrogens (primary N) is 1. The monoisotopic (exact) mass is 585 g/mol. The largest absolute Gasteiger partial charge is 0.490 e. The number of piperidine rings is 1. The van der Waals surface area contributed by atoms with Gasteiger partial charge in [0.1, 0.15) is 11.9 Å². The third-order valence-corrected chi connectivity index (χ3v) is 7.80. The molecule has 3 aromatic rings. The van der Waals surface area contributed by atoms with Crippen LogP contribution in [-0.4, -0.2) is 89.3 Å². The van der Waals surface area contributed by atoms with E-state index < -0.39 is 24.2 Å². The number of aliphatic carboxylic acids is 2. The van der Waals surface area contributed by atoms with Gasteiger partial charge in [-0.05, 0) is 59.5 Å². The van der Waals surface area contributed by atoms with Crippen molar-refractivity contribution in [3.63, 3.8) is 0 Å². The molecule has 0 aromatic heterocycles. The number of nitrogens with one attached hydrogen (secondary N) is 1. The molecule has 0 aliphatic carbocycles. The molecule has 12 heteroatoms. The number of nitrogen functional groups attached to an aromatic ring is 1. The Morgan fingerprint density at radius 2 is 1.43 bits per heavy atom. The van der Waals surface area contributed by atoms with Crippen LogP contribution >= 0.6 is 0 Å². The summed E-state index contributed by atoms with van der Waals surface area (Å²) in [6.07, 6.45) is -3.10. The standard InChI is InChI=1S/C28H33N5O2.C2HF3O2/c29-27(30)21-7-9-24(10-8-21)31-15-17-32(18-16-31)25-11-13-33(14-12-25)26(28(34)35)23-6-5-20-3-1-2-4-22(20)19-23;3-2(4,5)1(6)7/h1-10,19,25-26H,11-18H2,(H3,29,30)(H,34,35);(H,6,7). The fourth-order valence-corrected chi connectivity index (χ4v) is 5.59. The highest BCUT2D eigenvalue weighted by molar-refractivity contribution is 5.95. The maximum atomic E-state index is 12.3. The first-order chi connectivity index (χ1) is 19.9. The number of amidine groups is 1. The Labute approximate surface area is 241 Å². The number of anilines is 1. The molecule has 42 heavy (non-hydrogen) atoms. The smallest absolute Gasteiger partial charge is 0.480 e. The molecule has 9 nitrogen and oxygen atoms in total. The first-order valence-electron chi connectivity index (χ1n) is 13.6. The SMILES string of the molecule is N=C(N)c1ccc(N2CCN(C3CCN(C(C(=O)O)c4ccc5ccccc5c4)CC3)CC2)cc1.O=C(O)C(F)(F)F. The summed E-state index contributed by atoms with van der Waals surface area (Å²) in [6, 6.07) is 21.9. The number of benzene rings is 3. The molecule has 2 saturated heterocycles. The van der Waals surface area contributed by atoms with Crippen molar-refractivity contribution in [2.75, 3.05) is 44.2 Å². The van der Waals surface area contributed by atoms with Gasteiger partial charge in [0.15, 0.2) is 0 Å². The van der Waals surface area contributed by atoms with Crippen molar-refractivity contribution in [2.45, 2.75) is 31.1 Å². The number of carboxylic acids is 2. The minimum Gasteiger partial charge on any atom is -0.480 e. The van der Waals surface area contributed by atoms with E-state index >= 15 is 0 Å². The van der Waals surface area contributed by atoms with Gasteiger partial charge in [0.2, 0.25) is 0 Å². The van der Waals surface area contributed by atoms with Gasteiger partial charge in [0.25, 0.3) is 0 Å². The number of likely N-dealkylation sites (tertiary alicyclic amines) is 1. The maximum absolute atomic E-state index is 12.3. The third-order valence-electron chi connectivity index (χ3n) is 7.80. The number of rotatable bonds is 6. The molecule has 2 heterocycles. The van der Waals surface area contributed by atoms with Crippen LogP contribution in [-0.2, 0) is 9.59 Å². The number of piperazine rings is 1. The third kappa shape index (κ3) is 7.56. The van der Waals surface area contributed by atoms with Gasteiger partial charge in [-0.25, -0.2) is 4.79 Å². The van der Waals surface area contributed by atoms with Crippen molar-refractivity contribution in [2.24, 2.45) is 5.73 Å². The summed E-state index contributed by atoms with van der Waals surface area (Å²) >= 11 is 0. The second-order valence-electron chi connectivity index (χ2n) is 10.4. The Bertz CT molecular complexity index is 1400. The van der Waals surface area contributed by atoms with Crippen molar-refractivity contribution in [1.82, 2.24) is 9.80 Å². The van der Waals surface area contributed by atoms with Crippen molar-refractivity contribution in [1.29, 1.82) is 5.41 Å². The van der Waals surface area contributed by atoms with Gasteiger partial charge in [-0.2, -0.15) is 13.2 Å². The van der Waals surface area contributed by atoms with Gasteiger partial charge < -0.3 is 20.8 Å². The average molecular weight is 586 g/mol. The summed E-state index contributed by atoms with van der Waals surface area (Å²) in [4.78, 5) is 28.3. The number of alkyl halides is 3. The highest BCUT2D eigenvalue weighted by Gasteiger charge is 2.38. The van der Waals surface area contributed by atoms with Crippen molar-refractivity contribution >= 4 is 34.2 Å². The molecule has 0 radical (unpaired) electrons. The lowest BCUT2D eigenvalue weighted by Gasteiger charge is -2.44. The predicted octanol–water partition coefficient (Wildman–Crippen LogP) is 4.17. The van der Waals surface area contributed by atoms with E-state index in [2.05, 4.69) is 20.8 Å². The van der Waals surface area contributed by atoms with Crippen LogP contribution in [0.4, 0.5) is 18.9 Å². The normalized spacial score (nSPS) is 17.7. The fourth-order valence-electron chi connectivity index (χ4n) is 5.59. The molecule has 2 fully saturated rings. The van der Waals surface area contributed by atoms with E-state index in [9.17, 15) is 23.1 Å². The van der Waals surface area contributed by atoms with Crippen LogP contribution in [0.5, 0.6) is 0 Å². The molecule has 0 saturated carbocycles. The lowest BCUT2D eigenvalue weighted by Crippen LogP contribution is -2.54. The number of carbonyl (C=O) groups is 2. The maximum Gasteiger partial charge on any atom is 0.490 e. The van der Waals surface area contributed by atoms with Gasteiger partial charge in [0, 0.05) is 56.6 Å². The lowest BCUT2D eigenvalue weighted by molar-refractivity contribution is -0.192. The van der Waals surface area contributed by atoms with E-state index in [1.165, 1.54) is 5.69 Å². The van der Waals surface area contributed by atoms with Gasteiger partial charge in [-0.15, -0.1) is 0 Å². The van der Waals surface area contributed by atoms with Gasteiger partial charge in [-0.3, -0.25) is 20.0 Å². The van der Waals surface area contributed by atoms with E-state index in [1.54, 1.807) is 0 Å². The Morgan fingerprint density at radius 3 is 1.95 bits per heavy atom. The second kappa shape index (κ2) is 13.2. The predicted molar refractivity (Wildman–Crippen MR) is 154 cm³/mol. The summed E-state index contributed by atoms with van der Waals surface area (Å²) in [7, 11) is 0. The molecule has 3 aromatic carbocycles. The zero-order valence-electron chi connectivity index (χ0n) is 22.9. The molecule has 5 N–H and O–H groups in total. The highest BCUT2D eigenvalue weighted by atomic mass is 19.4. The average Bonchev–Trinajstić information content (AvgIpc) is 2.97. The molecular formula is C30H34F3N5O4. The van der Waals surface area contributed by atoms with Crippen molar-refractivity contribution < 1.29 is 33.0 Å². The minimum atomic E-state index is -5.08. The summed E-state index contributed by atoms with van der Waals surface area (Å²) in [5.41, 5.74) is 8.35. The van der Waals surface area contributed by atoms with E-state index in [0.717, 1.165) is 74.0 Å². The number of hydrogen-bond donors (Lipinski definition) is 4. The van der Waals surface area contributed by atoms with Gasteiger partial charge in [0.05, 0.1) is 0 Å². The molecule has 224 valence electrons. The van der Waals surface area contributed by atoms with Crippen LogP contribution in [0.3, 0.4) is 0 Å². The summed E-state index contributed by atoms with van der Waals surface area (Å²) in [5, 5.41) is 27.0. The Balaban J connectivity index is 0.000000517. The number of hydrogen-bond acceptors (Lipinski definition) is 6. The topological polar surface area (TPSA) is 134 Å². The first kappa shape index (κ1) is 30.8. The zero-order valence-corrected chi connectivity index (χ0v) is 22.9. The van der Waals surface area contributed by atoms with E-state index in [1.807, 2.05) is 60.7 Å². The molecule has 1 atom stereocenters. The first-order valence-corrected chi connectivity index (χ1v) is 13.6. The van der Waals surface area contributed by atoms with Crippen LogP contribution < -0.4 is 10.6 Å². The number of carboxylic acid groups (broad SMARTS) is 2. The number of fused-ring (bicyclic) bond motifs is 1. The molecule has 2 aliphatic heterocycles. The molecule has 1 unspecified atom stereocenters. The van der Waals surface area contributed by atoms with Crippen molar-refractivity contribution in [3.05, 3.63) is 77.9 Å². The van der Waals surface area contributed by atoms with Crippen LogP contribution in [0.15, 0.2) is 66.7 Å². The second-order valence-corrected chi connectivity index (χ2v) is 10.4. The number of halogens is 3. The van der Waals surface area contributed by atoms with Crippen LogP contribution in [0.25, 0.3) is 10.8 Å². The Morgan fingerprint density at radius 1 is 0.857 bits per heavy atom. The van der Waals surface area contributed by atoms with E-state index in [4.69, 9.17) is 21.0 Å². The van der Waals surface area contributed by atoms with E-state index in [0.29, 0.717) is 6.04 Å². The molecule has 0 amide bonds. The van der Waals surface area contributed by atoms with E-state index in [-0.39, 0.29) is 5.84 Å². The molecule has 0 bridgehead atoms.